The molecule has 3 heterocycles. The van der Waals surface area contributed by atoms with E-state index in [9.17, 15) is 10.5 Å². The molecule has 0 amide bonds. The van der Waals surface area contributed by atoms with E-state index in [1.54, 1.807) is 0 Å². The topological polar surface area (TPSA) is 110 Å². The summed E-state index contributed by atoms with van der Waals surface area (Å²) < 4.78 is 0. The first-order valence-corrected chi connectivity index (χ1v) is 36.0. The smallest absolute Gasteiger partial charge is 0.0998 e. The Morgan fingerprint density at radius 3 is 0.843 bits per heavy atom. The molecular weight excluding hydrogens is 1310 g/mol. The minimum absolute atomic E-state index is 0.646. The first-order chi connectivity index (χ1) is 53.4. The van der Waals surface area contributed by atoms with E-state index in [0.29, 0.717) is 16.7 Å². The maximum absolute atomic E-state index is 9.88. The maximum Gasteiger partial charge on any atom is 0.0998 e. The molecule has 3 aromatic heterocycles. The SMILES string of the molecule is N#Cc1ccc(-c2ccc(-c3cc(-c4ccccc4)nc4c3cc(-c3ccccc3)c3ccccc34)cc2)cc1.N#Cc1cccc(-c2cc(-c3ccccc3)nc3c2cc(-c2ccccc2)c2ccccc23)c1.N#Cc1ccccc1-c1cc(-c2ccccc2)nc2c1cc(-c1ccccc1)c1ccccc12. The van der Waals surface area contributed by atoms with Crippen molar-refractivity contribution in [1.29, 1.82) is 15.8 Å². The van der Waals surface area contributed by atoms with Crippen molar-refractivity contribution in [3.8, 4) is 130 Å². The lowest BCUT2D eigenvalue weighted by Gasteiger charge is -2.16. The normalized spacial score (nSPS) is 10.9. The van der Waals surface area contributed by atoms with E-state index >= 15 is 0 Å². The molecule has 0 saturated heterocycles. The van der Waals surface area contributed by atoms with Gasteiger partial charge in [-0.25, -0.2) is 15.0 Å². The number of nitriles is 3. The zero-order valence-electron chi connectivity index (χ0n) is 58.6. The third-order valence-corrected chi connectivity index (χ3v) is 20.1. The van der Waals surface area contributed by atoms with Gasteiger partial charge in [0.25, 0.3) is 0 Å². The number of rotatable bonds is 10. The van der Waals surface area contributed by atoms with Crippen LogP contribution >= 0.6 is 0 Å². The predicted octanol–water partition coefficient (Wildman–Crippen LogP) is 26.4. The van der Waals surface area contributed by atoms with Gasteiger partial charge in [-0.3, -0.25) is 0 Å². The highest BCUT2D eigenvalue weighted by molar-refractivity contribution is 6.19. The fourth-order valence-corrected chi connectivity index (χ4v) is 14.9. The summed E-state index contributed by atoms with van der Waals surface area (Å²) in [5.41, 5.74) is 26.4. The molecule has 0 bridgehead atoms. The van der Waals surface area contributed by atoms with Crippen LogP contribution in [0.25, 0.3) is 177 Å². The van der Waals surface area contributed by atoms with E-state index in [1.165, 1.54) is 38.4 Å². The van der Waals surface area contributed by atoms with Crippen molar-refractivity contribution in [2.45, 2.75) is 0 Å². The molecule has 6 heteroatoms. The van der Waals surface area contributed by atoms with Crippen LogP contribution in [0.15, 0.2) is 388 Å². The zero-order valence-corrected chi connectivity index (χ0v) is 58.6. The number of benzene rings is 16. The lowest BCUT2D eigenvalue weighted by molar-refractivity contribution is 1.40. The largest absolute Gasteiger partial charge is 0.247 e. The molecule has 0 fully saturated rings. The Kier molecular flexibility index (Phi) is 18.3. The van der Waals surface area contributed by atoms with Crippen molar-refractivity contribution in [3.05, 3.63) is 405 Å². The van der Waals surface area contributed by atoms with E-state index in [4.69, 9.17) is 20.2 Å². The van der Waals surface area contributed by atoms with E-state index in [2.05, 4.69) is 285 Å². The van der Waals surface area contributed by atoms with E-state index in [0.717, 1.165) is 138 Å². The molecule has 0 N–H and O–H groups in total. The summed E-state index contributed by atoms with van der Waals surface area (Å²) in [6.45, 7) is 0. The van der Waals surface area contributed by atoms with Gasteiger partial charge < -0.3 is 0 Å². The average Bonchev–Trinajstić information content (AvgIpc) is 0.752. The Hall–Kier alpha value is -15.0. The van der Waals surface area contributed by atoms with E-state index in [1.807, 2.05) is 121 Å². The Morgan fingerprint density at radius 1 is 0.167 bits per heavy atom. The Bertz CT molecular complexity index is 6710. The maximum atomic E-state index is 9.88. The quantitative estimate of drug-likeness (QED) is 0.126. The van der Waals surface area contributed by atoms with Crippen LogP contribution in [0, 0.1) is 34.0 Å². The van der Waals surface area contributed by atoms with Gasteiger partial charge in [-0.05, 0) is 155 Å². The standard InChI is InChI=1S/C38H24N2.2C32H20N2/c39-25-26-15-17-27(18-16-26)28-19-21-30(22-20-28)35-24-37(31-11-5-2-6-12-31)40-38-33-14-8-7-13-32(33)34(23-36(35)38)29-9-3-1-4-10-29;33-21-22-10-9-15-25(18-22)29-20-31(24-13-5-2-6-14-24)34-32-27-17-8-7-16-26(27)28(19-30(29)32)23-11-3-1-4-12-23;33-21-24-15-7-8-16-25(24)29-20-31(23-13-5-2-6-14-23)34-32-27-18-10-9-17-26(27)28(19-30(29)32)22-11-3-1-4-12-22/h1-24H;2*1-20H. The van der Waals surface area contributed by atoms with Crippen molar-refractivity contribution in [1.82, 2.24) is 15.0 Å². The molecular formula is C102H64N6. The van der Waals surface area contributed by atoms with Crippen LogP contribution in [-0.2, 0) is 0 Å². The molecule has 0 radical (unpaired) electrons. The monoisotopic (exact) mass is 1370 g/mol. The van der Waals surface area contributed by atoms with Crippen LogP contribution in [0.2, 0.25) is 0 Å². The fraction of sp³-hybridized carbons (Fsp3) is 0. The van der Waals surface area contributed by atoms with Gasteiger partial charge in [-0.15, -0.1) is 0 Å². The molecule has 0 spiro atoms. The van der Waals surface area contributed by atoms with Crippen LogP contribution in [-0.4, -0.2) is 15.0 Å². The van der Waals surface area contributed by atoms with Gasteiger partial charge in [0, 0.05) is 54.6 Å². The molecule has 6 nitrogen and oxygen atoms in total. The summed E-state index contributed by atoms with van der Waals surface area (Å²) >= 11 is 0. The summed E-state index contributed by atoms with van der Waals surface area (Å²) in [4.78, 5) is 15.6. The summed E-state index contributed by atoms with van der Waals surface area (Å²) in [5.74, 6) is 0. The van der Waals surface area contributed by atoms with Crippen molar-refractivity contribution < 1.29 is 0 Å². The molecule has 0 unspecified atom stereocenters. The minimum Gasteiger partial charge on any atom is -0.247 e. The third kappa shape index (κ3) is 13.1. The first-order valence-electron chi connectivity index (χ1n) is 36.0. The molecule has 19 aromatic rings. The zero-order chi connectivity index (χ0) is 72.7. The molecule has 0 saturated carbocycles. The average molecular weight is 1370 g/mol. The molecule has 0 atom stereocenters. The van der Waals surface area contributed by atoms with Gasteiger partial charge in [0.1, 0.15) is 0 Å². The number of hydrogen-bond donors (Lipinski definition) is 0. The molecule has 0 aliphatic heterocycles. The summed E-state index contributed by atoms with van der Waals surface area (Å²) in [6.07, 6.45) is 0. The van der Waals surface area contributed by atoms with E-state index in [-0.39, 0.29) is 0 Å². The molecule has 502 valence electrons. The van der Waals surface area contributed by atoms with Crippen LogP contribution < -0.4 is 0 Å². The van der Waals surface area contributed by atoms with Crippen molar-refractivity contribution in [2.24, 2.45) is 0 Å². The van der Waals surface area contributed by atoms with Gasteiger partial charge in [-0.1, -0.05) is 322 Å². The highest BCUT2D eigenvalue weighted by Crippen LogP contribution is 2.45. The molecule has 0 aliphatic rings. The molecule has 0 aliphatic carbocycles. The number of fused-ring (bicyclic) bond motifs is 9. The summed E-state index contributed by atoms with van der Waals surface area (Å²) in [7, 11) is 0. The Labute approximate surface area is 626 Å². The predicted molar refractivity (Wildman–Crippen MR) is 446 cm³/mol. The fourth-order valence-electron chi connectivity index (χ4n) is 14.9. The Morgan fingerprint density at radius 2 is 0.454 bits per heavy atom. The highest BCUT2D eigenvalue weighted by atomic mass is 14.7. The lowest BCUT2D eigenvalue weighted by Crippen LogP contribution is -1.94. The van der Waals surface area contributed by atoms with Crippen LogP contribution in [0.5, 0.6) is 0 Å². The van der Waals surface area contributed by atoms with Gasteiger partial charge in [0.05, 0.1) is 68.5 Å². The van der Waals surface area contributed by atoms with Gasteiger partial charge >= 0.3 is 0 Å². The van der Waals surface area contributed by atoms with Crippen LogP contribution in [0.3, 0.4) is 0 Å². The van der Waals surface area contributed by atoms with Crippen molar-refractivity contribution >= 4 is 65.0 Å². The number of pyridine rings is 3. The number of hydrogen-bond acceptors (Lipinski definition) is 6. The second-order valence-corrected chi connectivity index (χ2v) is 26.6. The van der Waals surface area contributed by atoms with Gasteiger partial charge in [0.2, 0.25) is 0 Å². The molecule has 16 aromatic carbocycles. The first kappa shape index (κ1) is 66.3. The van der Waals surface area contributed by atoms with Crippen molar-refractivity contribution in [2.75, 3.05) is 0 Å². The lowest BCUT2D eigenvalue weighted by atomic mass is 9.90. The summed E-state index contributed by atoms with van der Waals surface area (Å²) in [6, 6.07) is 140. The van der Waals surface area contributed by atoms with E-state index < -0.39 is 0 Å². The number of nitrogens with zero attached hydrogens (tertiary/aromatic N) is 6. The molecule has 108 heavy (non-hydrogen) atoms. The van der Waals surface area contributed by atoms with Gasteiger partial charge in [-0.2, -0.15) is 15.8 Å². The number of aromatic nitrogens is 3. The second kappa shape index (κ2) is 29.8. The Balaban J connectivity index is 0.000000119. The third-order valence-electron chi connectivity index (χ3n) is 20.1. The molecule has 19 rings (SSSR count). The minimum atomic E-state index is 0.646. The van der Waals surface area contributed by atoms with Crippen molar-refractivity contribution in [3.63, 3.8) is 0 Å². The highest BCUT2D eigenvalue weighted by Gasteiger charge is 2.21. The van der Waals surface area contributed by atoms with Gasteiger partial charge in [0.15, 0.2) is 0 Å². The second-order valence-electron chi connectivity index (χ2n) is 26.6. The van der Waals surface area contributed by atoms with Crippen LogP contribution in [0.1, 0.15) is 16.7 Å². The summed E-state index contributed by atoms with van der Waals surface area (Å²) in [5, 5.41) is 38.7. The van der Waals surface area contributed by atoms with Crippen LogP contribution in [0.4, 0.5) is 0 Å².